The van der Waals surface area contributed by atoms with Crippen LogP contribution in [0.3, 0.4) is 0 Å². The molecule has 26 heavy (non-hydrogen) atoms. The van der Waals surface area contributed by atoms with Gasteiger partial charge in [0.15, 0.2) is 0 Å². The number of hydrogen-bond donors (Lipinski definition) is 0. The molecule has 0 saturated heterocycles. The number of benzene rings is 2. The molecule has 0 spiro atoms. The molecular weight excluding hydrogens is 316 g/mol. The summed E-state index contributed by atoms with van der Waals surface area (Å²) in [6, 6.07) is 24.5. The van der Waals surface area contributed by atoms with E-state index in [2.05, 4.69) is 34.2 Å². The van der Waals surface area contributed by atoms with E-state index in [1.165, 1.54) is 0 Å². The van der Waals surface area contributed by atoms with Gasteiger partial charge in [0.2, 0.25) is 0 Å². The second-order valence-electron chi connectivity index (χ2n) is 5.96. The summed E-state index contributed by atoms with van der Waals surface area (Å²) in [4.78, 5) is 9.24. The number of pyridine rings is 2. The van der Waals surface area contributed by atoms with Crippen molar-refractivity contribution in [1.29, 1.82) is 0 Å². The van der Waals surface area contributed by atoms with Gasteiger partial charge in [0.05, 0.1) is 22.4 Å². The molecule has 0 N–H and O–H groups in total. The Balaban J connectivity index is 1.42. The molecule has 0 fully saturated rings. The summed E-state index contributed by atoms with van der Waals surface area (Å²) in [6.07, 6.45) is 12.0. The SMILES string of the molecule is C(=CC=Cc1ccc2ccccc2n1)C=Cc1ccc2ccccc2n1. The maximum atomic E-state index is 4.62. The minimum absolute atomic E-state index is 0.952. The zero-order valence-corrected chi connectivity index (χ0v) is 14.3. The van der Waals surface area contributed by atoms with Crippen LogP contribution in [0.1, 0.15) is 11.4 Å². The van der Waals surface area contributed by atoms with Crippen LogP contribution in [0.4, 0.5) is 0 Å². The highest BCUT2D eigenvalue weighted by Crippen LogP contribution is 2.13. The molecular formula is C24H18N2. The van der Waals surface area contributed by atoms with E-state index in [1.54, 1.807) is 0 Å². The highest BCUT2D eigenvalue weighted by atomic mass is 14.7. The predicted octanol–water partition coefficient (Wildman–Crippen LogP) is 6.07. The molecule has 2 aromatic heterocycles. The monoisotopic (exact) mass is 334 g/mol. The first-order valence-corrected chi connectivity index (χ1v) is 8.61. The summed E-state index contributed by atoms with van der Waals surface area (Å²) in [5, 5.41) is 2.32. The Bertz CT molecular complexity index is 1050. The maximum Gasteiger partial charge on any atom is 0.0709 e. The molecule has 0 aliphatic carbocycles. The molecule has 2 heteroatoms. The van der Waals surface area contributed by atoms with E-state index in [0.29, 0.717) is 0 Å². The summed E-state index contributed by atoms with van der Waals surface area (Å²) < 4.78 is 0. The molecule has 2 nitrogen and oxygen atoms in total. The van der Waals surface area contributed by atoms with Crippen LogP contribution in [0.25, 0.3) is 34.0 Å². The van der Waals surface area contributed by atoms with Gasteiger partial charge in [0, 0.05) is 10.8 Å². The maximum absolute atomic E-state index is 4.62. The van der Waals surface area contributed by atoms with Crippen molar-refractivity contribution < 1.29 is 0 Å². The first-order valence-electron chi connectivity index (χ1n) is 8.61. The number of nitrogens with zero attached hydrogens (tertiary/aromatic N) is 2. The van der Waals surface area contributed by atoms with Crippen molar-refractivity contribution in [1.82, 2.24) is 9.97 Å². The molecule has 0 saturated carbocycles. The van der Waals surface area contributed by atoms with Crippen LogP contribution in [0.2, 0.25) is 0 Å². The number of rotatable bonds is 4. The van der Waals surface area contributed by atoms with Crippen LogP contribution in [-0.4, -0.2) is 9.97 Å². The number of aromatic nitrogens is 2. The fourth-order valence-corrected chi connectivity index (χ4v) is 2.79. The van der Waals surface area contributed by atoms with Crippen molar-refractivity contribution in [3.63, 3.8) is 0 Å². The van der Waals surface area contributed by atoms with E-state index < -0.39 is 0 Å². The summed E-state index contributed by atoms with van der Waals surface area (Å²) in [5.41, 5.74) is 3.93. The molecule has 124 valence electrons. The Morgan fingerprint density at radius 1 is 0.462 bits per heavy atom. The largest absolute Gasteiger partial charge is 0.248 e. The third-order valence-electron chi connectivity index (χ3n) is 4.11. The Morgan fingerprint density at radius 2 is 0.923 bits per heavy atom. The average molecular weight is 334 g/mol. The first-order chi connectivity index (χ1) is 12.9. The zero-order chi connectivity index (χ0) is 17.6. The minimum atomic E-state index is 0.952. The lowest BCUT2D eigenvalue weighted by molar-refractivity contribution is 1.37. The number of hydrogen-bond acceptors (Lipinski definition) is 2. The number of fused-ring (bicyclic) bond motifs is 2. The third kappa shape index (κ3) is 3.76. The van der Waals surface area contributed by atoms with Gasteiger partial charge in [-0.05, 0) is 36.4 Å². The van der Waals surface area contributed by atoms with E-state index in [4.69, 9.17) is 0 Å². The fourth-order valence-electron chi connectivity index (χ4n) is 2.79. The van der Waals surface area contributed by atoms with E-state index in [0.717, 1.165) is 33.2 Å². The highest BCUT2D eigenvalue weighted by molar-refractivity contribution is 5.80. The van der Waals surface area contributed by atoms with Gasteiger partial charge in [-0.2, -0.15) is 0 Å². The molecule has 4 rings (SSSR count). The molecule has 0 radical (unpaired) electrons. The predicted molar refractivity (Wildman–Crippen MR) is 111 cm³/mol. The summed E-state index contributed by atoms with van der Waals surface area (Å²) >= 11 is 0. The minimum Gasteiger partial charge on any atom is -0.248 e. The van der Waals surface area contributed by atoms with E-state index in [1.807, 2.05) is 85.0 Å². The molecule has 0 atom stereocenters. The lowest BCUT2D eigenvalue weighted by Gasteiger charge is -1.97. The summed E-state index contributed by atoms with van der Waals surface area (Å²) in [6.45, 7) is 0. The van der Waals surface area contributed by atoms with Crippen molar-refractivity contribution in [3.05, 3.63) is 108 Å². The van der Waals surface area contributed by atoms with Gasteiger partial charge < -0.3 is 0 Å². The second-order valence-corrected chi connectivity index (χ2v) is 5.96. The molecule has 0 amide bonds. The van der Waals surface area contributed by atoms with Gasteiger partial charge >= 0.3 is 0 Å². The fraction of sp³-hybridized carbons (Fsp3) is 0. The first kappa shape index (κ1) is 16.0. The van der Waals surface area contributed by atoms with Crippen LogP contribution in [0.15, 0.2) is 97.1 Å². The van der Waals surface area contributed by atoms with Gasteiger partial charge in [0.25, 0.3) is 0 Å². The van der Waals surface area contributed by atoms with Crippen molar-refractivity contribution in [2.45, 2.75) is 0 Å². The molecule has 0 aliphatic rings. The van der Waals surface area contributed by atoms with Crippen LogP contribution >= 0.6 is 0 Å². The van der Waals surface area contributed by atoms with Gasteiger partial charge in [-0.3, -0.25) is 0 Å². The second kappa shape index (κ2) is 7.58. The smallest absolute Gasteiger partial charge is 0.0709 e. The quantitative estimate of drug-likeness (QED) is 0.424. The topological polar surface area (TPSA) is 25.8 Å². The highest BCUT2D eigenvalue weighted by Gasteiger charge is 1.94. The average Bonchev–Trinajstić information content (AvgIpc) is 2.70. The molecule has 0 unspecified atom stereocenters. The van der Waals surface area contributed by atoms with Gasteiger partial charge in [-0.1, -0.05) is 72.8 Å². The van der Waals surface area contributed by atoms with Gasteiger partial charge in [-0.15, -0.1) is 0 Å². The van der Waals surface area contributed by atoms with Crippen molar-refractivity contribution >= 4 is 34.0 Å². The van der Waals surface area contributed by atoms with Crippen LogP contribution in [0.5, 0.6) is 0 Å². The lowest BCUT2D eigenvalue weighted by atomic mass is 10.2. The van der Waals surface area contributed by atoms with E-state index in [-0.39, 0.29) is 0 Å². The Morgan fingerprint density at radius 3 is 1.42 bits per heavy atom. The summed E-state index contributed by atoms with van der Waals surface area (Å²) in [5.74, 6) is 0. The van der Waals surface area contributed by atoms with Crippen molar-refractivity contribution in [2.24, 2.45) is 0 Å². The molecule has 4 aromatic rings. The Hall–Kier alpha value is -3.52. The van der Waals surface area contributed by atoms with E-state index in [9.17, 15) is 0 Å². The zero-order valence-electron chi connectivity index (χ0n) is 14.3. The molecule has 2 aromatic carbocycles. The molecule has 0 bridgehead atoms. The van der Waals surface area contributed by atoms with Gasteiger partial charge in [0.1, 0.15) is 0 Å². The normalized spacial score (nSPS) is 12.2. The molecule has 0 aliphatic heterocycles. The number of allylic oxidation sites excluding steroid dienone is 4. The lowest BCUT2D eigenvalue weighted by Crippen LogP contribution is -1.82. The van der Waals surface area contributed by atoms with Crippen LogP contribution in [0, 0.1) is 0 Å². The van der Waals surface area contributed by atoms with Crippen molar-refractivity contribution in [3.8, 4) is 0 Å². The standard InChI is InChI=1S/C24H18N2/c1(3-11-21-17-15-19-9-5-7-13-23(19)25-21)2-4-12-22-18-16-20-10-6-8-14-24(20)26-22/h1-18H. The van der Waals surface area contributed by atoms with E-state index >= 15 is 0 Å². The summed E-state index contributed by atoms with van der Waals surface area (Å²) in [7, 11) is 0. The third-order valence-corrected chi connectivity index (χ3v) is 4.11. The van der Waals surface area contributed by atoms with Crippen LogP contribution in [-0.2, 0) is 0 Å². The van der Waals surface area contributed by atoms with Crippen LogP contribution < -0.4 is 0 Å². The van der Waals surface area contributed by atoms with Gasteiger partial charge in [-0.25, -0.2) is 9.97 Å². The Kier molecular flexibility index (Phi) is 4.66. The number of para-hydroxylation sites is 2. The molecule has 2 heterocycles. The Labute approximate surface area is 152 Å². The van der Waals surface area contributed by atoms with Crippen molar-refractivity contribution in [2.75, 3.05) is 0 Å².